The first kappa shape index (κ1) is 14.8. The number of sulfonamides is 1. The fourth-order valence-electron chi connectivity index (χ4n) is 1.64. The van der Waals surface area contributed by atoms with Gasteiger partial charge >= 0.3 is 0 Å². The molecule has 20 heavy (non-hydrogen) atoms. The highest BCUT2D eigenvalue weighted by Gasteiger charge is 2.19. The second kappa shape index (κ2) is 5.78. The zero-order chi connectivity index (χ0) is 14.8. The van der Waals surface area contributed by atoms with Gasteiger partial charge < -0.3 is 5.73 Å². The summed E-state index contributed by atoms with van der Waals surface area (Å²) < 4.78 is 28.5. The number of nitrogens with zero attached hydrogens (tertiary/aromatic N) is 3. The lowest BCUT2D eigenvalue weighted by atomic mass is 10.4. The maximum Gasteiger partial charge on any atom is 0.242 e. The molecule has 7 nitrogen and oxygen atoms in total. The number of aromatic nitrogens is 3. The van der Waals surface area contributed by atoms with Crippen LogP contribution in [0, 0.1) is 0 Å². The van der Waals surface area contributed by atoms with E-state index in [1.54, 1.807) is 30.1 Å². The first-order valence-electron chi connectivity index (χ1n) is 5.79. The van der Waals surface area contributed by atoms with E-state index in [0.717, 1.165) is 0 Å². The average molecular weight is 316 g/mol. The van der Waals surface area contributed by atoms with E-state index >= 15 is 0 Å². The quantitative estimate of drug-likeness (QED) is 0.852. The first-order valence-corrected chi connectivity index (χ1v) is 7.65. The molecule has 0 saturated carbocycles. The van der Waals surface area contributed by atoms with E-state index in [2.05, 4.69) is 14.8 Å². The Morgan fingerprint density at radius 1 is 1.55 bits per heavy atom. The van der Waals surface area contributed by atoms with E-state index in [9.17, 15) is 8.42 Å². The van der Waals surface area contributed by atoms with E-state index in [4.69, 9.17) is 17.3 Å². The highest BCUT2D eigenvalue weighted by atomic mass is 35.5. The van der Waals surface area contributed by atoms with E-state index < -0.39 is 10.0 Å². The van der Waals surface area contributed by atoms with Crippen LogP contribution in [-0.4, -0.2) is 29.2 Å². The molecule has 2 aromatic heterocycles. The van der Waals surface area contributed by atoms with Crippen molar-refractivity contribution in [3.63, 3.8) is 0 Å². The van der Waals surface area contributed by atoms with Crippen LogP contribution < -0.4 is 10.5 Å². The number of nitrogen functional groups attached to an aromatic ring is 1. The first-order chi connectivity index (χ1) is 9.38. The third-order valence-corrected chi connectivity index (χ3v) is 4.39. The SMILES string of the molecule is CC(Cn1cccn1)NS(=O)(=O)c1cnc(N)c(Cl)c1. The lowest BCUT2D eigenvalue weighted by Gasteiger charge is -2.14. The number of anilines is 1. The molecule has 0 amide bonds. The molecule has 2 aromatic rings. The zero-order valence-electron chi connectivity index (χ0n) is 10.7. The van der Waals surface area contributed by atoms with Crippen molar-refractivity contribution in [1.82, 2.24) is 19.5 Å². The van der Waals surface area contributed by atoms with Crippen molar-refractivity contribution < 1.29 is 8.42 Å². The van der Waals surface area contributed by atoms with Gasteiger partial charge in [-0.3, -0.25) is 4.68 Å². The summed E-state index contributed by atoms with van der Waals surface area (Å²) in [6, 6.07) is 2.70. The number of nitrogens with one attached hydrogen (secondary N) is 1. The maximum absolute atomic E-state index is 12.2. The number of halogens is 1. The predicted molar refractivity (Wildman–Crippen MR) is 75.7 cm³/mol. The summed E-state index contributed by atoms with van der Waals surface area (Å²) in [4.78, 5) is 3.71. The molecule has 0 bridgehead atoms. The minimum atomic E-state index is -3.70. The Morgan fingerprint density at radius 3 is 2.90 bits per heavy atom. The normalized spacial score (nSPS) is 13.3. The maximum atomic E-state index is 12.2. The summed E-state index contributed by atoms with van der Waals surface area (Å²) >= 11 is 5.78. The van der Waals surface area contributed by atoms with Crippen molar-refractivity contribution in [3.8, 4) is 0 Å². The number of hydrogen-bond donors (Lipinski definition) is 2. The Kier molecular flexibility index (Phi) is 4.26. The number of pyridine rings is 1. The molecule has 0 aromatic carbocycles. The van der Waals surface area contributed by atoms with Crippen molar-refractivity contribution in [1.29, 1.82) is 0 Å². The molecule has 0 fully saturated rings. The molecule has 2 rings (SSSR count). The smallest absolute Gasteiger partial charge is 0.242 e. The highest BCUT2D eigenvalue weighted by molar-refractivity contribution is 7.89. The van der Waals surface area contributed by atoms with Gasteiger partial charge in [0.1, 0.15) is 10.7 Å². The van der Waals surface area contributed by atoms with Gasteiger partial charge in [0.25, 0.3) is 0 Å². The monoisotopic (exact) mass is 315 g/mol. The summed E-state index contributed by atoms with van der Waals surface area (Å²) in [6.45, 7) is 2.16. The van der Waals surface area contributed by atoms with Gasteiger partial charge in [-0.1, -0.05) is 11.6 Å². The number of nitrogens with two attached hydrogens (primary N) is 1. The molecule has 2 heterocycles. The summed E-state index contributed by atoms with van der Waals surface area (Å²) in [6.07, 6.45) is 4.56. The van der Waals surface area contributed by atoms with Gasteiger partial charge in [-0.05, 0) is 19.1 Å². The summed E-state index contributed by atoms with van der Waals surface area (Å²) in [5.74, 6) is 0.0928. The van der Waals surface area contributed by atoms with Gasteiger partial charge in [0, 0.05) is 24.6 Å². The minimum Gasteiger partial charge on any atom is -0.382 e. The largest absolute Gasteiger partial charge is 0.382 e. The van der Waals surface area contributed by atoms with Crippen molar-refractivity contribution in [2.75, 3.05) is 5.73 Å². The van der Waals surface area contributed by atoms with Crippen LogP contribution in [0.2, 0.25) is 5.02 Å². The molecule has 1 atom stereocenters. The van der Waals surface area contributed by atoms with Gasteiger partial charge in [-0.25, -0.2) is 18.1 Å². The molecule has 0 saturated heterocycles. The second-order valence-corrected chi connectivity index (χ2v) is 6.41. The molecular formula is C11H14ClN5O2S. The molecular weight excluding hydrogens is 302 g/mol. The van der Waals surface area contributed by atoms with Crippen LogP contribution in [0.4, 0.5) is 5.82 Å². The van der Waals surface area contributed by atoms with Crippen LogP contribution >= 0.6 is 11.6 Å². The van der Waals surface area contributed by atoms with Gasteiger partial charge in [0.15, 0.2) is 0 Å². The van der Waals surface area contributed by atoms with Crippen molar-refractivity contribution in [2.24, 2.45) is 0 Å². The molecule has 108 valence electrons. The van der Waals surface area contributed by atoms with E-state index in [1.165, 1.54) is 12.3 Å². The molecule has 1 unspecified atom stereocenters. The van der Waals surface area contributed by atoms with Gasteiger partial charge in [0.05, 0.1) is 11.6 Å². The third kappa shape index (κ3) is 3.47. The van der Waals surface area contributed by atoms with Crippen LogP contribution in [0.5, 0.6) is 0 Å². The molecule has 0 radical (unpaired) electrons. The third-order valence-electron chi connectivity index (χ3n) is 2.53. The van der Waals surface area contributed by atoms with Crippen molar-refractivity contribution in [2.45, 2.75) is 24.4 Å². The van der Waals surface area contributed by atoms with E-state index in [0.29, 0.717) is 6.54 Å². The summed E-state index contributed by atoms with van der Waals surface area (Å²) in [5, 5.41) is 4.12. The Morgan fingerprint density at radius 2 is 2.30 bits per heavy atom. The predicted octanol–water partition coefficient (Wildman–Crippen LogP) is 0.881. The lowest BCUT2D eigenvalue weighted by molar-refractivity contribution is 0.494. The Labute approximate surface area is 121 Å². The van der Waals surface area contributed by atoms with Crippen LogP contribution in [0.3, 0.4) is 0 Å². The minimum absolute atomic E-state index is 0.0241. The molecule has 0 aliphatic rings. The van der Waals surface area contributed by atoms with Crippen molar-refractivity contribution >= 4 is 27.4 Å². The van der Waals surface area contributed by atoms with E-state index in [1.807, 2.05) is 0 Å². The molecule has 3 N–H and O–H groups in total. The standard InChI is InChI=1S/C11H14ClN5O2S/c1-8(7-17-4-2-3-15-17)16-20(18,19)9-5-10(12)11(13)14-6-9/h2-6,8,16H,7H2,1H3,(H2,13,14). The van der Waals surface area contributed by atoms with Gasteiger partial charge in [-0.15, -0.1) is 0 Å². The summed E-state index contributed by atoms with van der Waals surface area (Å²) in [7, 11) is -3.70. The Balaban J connectivity index is 2.12. The molecule has 0 aliphatic carbocycles. The summed E-state index contributed by atoms with van der Waals surface area (Å²) in [5.41, 5.74) is 5.45. The Hall–Kier alpha value is -1.64. The molecule has 0 aliphatic heterocycles. The highest BCUT2D eigenvalue weighted by Crippen LogP contribution is 2.19. The van der Waals surface area contributed by atoms with Crippen LogP contribution in [0.1, 0.15) is 6.92 Å². The topological polar surface area (TPSA) is 103 Å². The zero-order valence-corrected chi connectivity index (χ0v) is 12.3. The molecule has 0 spiro atoms. The van der Waals surface area contributed by atoms with Crippen LogP contribution in [0.15, 0.2) is 35.6 Å². The second-order valence-electron chi connectivity index (χ2n) is 4.29. The van der Waals surface area contributed by atoms with Gasteiger partial charge in [-0.2, -0.15) is 5.10 Å². The lowest BCUT2D eigenvalue weighted by Crippen LogP contribution is -2.35. The van der Waals surface area contributed by atoms with E-state index in [-0.39, 0.29) is 21.8 Å². The molecule has 9 heteroatoms. The van der Waals surface area contributed by atoms with Crippen molar-refractivity contribution in [3.05, 3.63) is 35.7 Å². The fourth-order valence-corrected chi connectivity index (χ4v) is 3.07. The van der Waals surface area contributed by atoms with Crippen LogP contribution in [-0.2, 0) is 16.6 Å². The average Bonchev–Trinajstić information content (AvgIpc) is 2.84. The van der Waals surface area contributed by atoms with Crippen LogP contribution in [0.25, 0.3) is 0 Å². The number of hydrogen-bond acceptors (Lipinski definition) is 5. The Bertz CT molecular complexity index is 687. The fraction of sp³-hybridized carbons (Fsp3) is 0.273. The van der Waals surface area contributed by atoms with Gasteiger partial charge in [0.2, 0.25) is 10.0 Å². The number of rotatable bonds is 5.